The third-order valence-corrected chi connectivity index (χ3v) is 14.2. The van der Waals surface area contributed by atoms with Gasteiger partial charge >= 0.3 is 0 Å². The molecule has 8 aromatic carbocycles. The first-order chi connectivity index (χ1) is 35.8. The summed E-state index contributed by atoms with van der Waals surface area (Å²) in [6.07, 6.45) is 1.94. The first-order valence-corrected chi connectivity index (χ1v) is 22.3. The average Bonchev–Trinajstić information content (AvgIpc) is 3.52. The molecule has 0 aromatic heterocycles. The molecular formula is C50H48F20P2. The molecule has 0 fully saturated rings. The summed E-state index contributed by atoms with van der Waals surface area (Å²) in [5, 5.41) is 10.9. The van der Waals surface area contributed by atoms with Crippen LogP contribution < -0.4 is 21.2 Å². The van der Waals surface area contributed by atoms with E-state index in [0.717, 1.165) is 12.3 Å². The van der Waals surface area contributed by atoms with Gasteiger partial charge in [0.25, 0.3) is 0 Å². The minimum atomic E-state index is -0.627. The Morgan fingerprint density at radius 2 is 0.431 bits per heavy atom. The Kier molecular flexibility index (Phi) is 56.1. The van der Waals surface area contributed by atoms with Gasteiger partial charge < -0.3 is 0 Å². The third-order valence-electron chi connectivity index (χ3n) is 9.21. The van der Waals surface area contributed by atoms with Gasteiger partial charge in [0, 0.05) is 85.5 Å². The number of benzene rings is 8. The standard InChI is InChI=1S/C46H36P2.4CH3F.8F2/c1-5-19-39(20-6-1)47(40-21-7-2-8-22-40)33-37-31-29-35-17-13-15-27-43(35)45(37)46-38(32-30-36-18-14-16-28-44(36)46)34-48(41-23-9-3-10-24-41)42-25-11-4-12-26-42;12*1-2/h1-32H,33-34H2;4*1H3;;;;;;;;. The molecule has 8 rings (SSSR count). The first-order valence-electron chi connectivity index (χ1n) is 19.3. The van der Waals surface area contributed by atoms with E-state index in [4.69, 9.17) is 73.2 Å². The largest absolute Gasteiger partial charge is 0.255 e. The molecule has 0 heterocycles. The summed E-state index contributed by atoms with van der Waals surface area (Å²) >= 11 is 0. The molecule has 0 atom stereocenters. The van der Waals surface area contributed by atoms with Gasteiger partial charge in [-0.25, -0.2) is 0 Å². The summed E-state index contributed by atoms with van der Waals surface area (Å²) in [4.78, 5) is 0. The van der Waals surface area contributed by atoms with Gasteiger partial charge in [-0.05, 0) is 80.9 Å². The second-order valence-electron chi connectivity index (χ2n) is 12.2. The van der Waals surface area contributed by atoms with Crippen molar-refractivity contribution in [3.05, 3.63) is 205 Å². The molecule has 0 nitrogen and oxygen atoms in total. The Morgan fingerprint density at radius 1 is 0.236 bits per heavy atom. The van der Waals surface area contributed by atoms with E-state index in [1.54, 1.807) is 0 Å². The van der Waals surface area contributed by atoms with Crippen molar-refractivity contribution >= 4 is 58.6 Å². The number of halogens is 20. The lowest BCUT2D eigenvalue weighted by Gasteiger charge is -2.25. The number of hydrogen-bond donors (Lipinski definition) is 0. The maximum Gasteiger partial charge on any atom is 0.0785 e. The van der Waals surface area contributed by atoms with Crippen molar-refractivity contribution in [1.82, 2.24) is 0 Å². The van der Waals surface area contributed by atoms with E-state index in [-0.39, 0.29) is 0 Å². The van der Waals surface area contributed by atoms with E-state index in [0.29, 0.717) is 28.7 Å². The van der Waals surface area contributed by atoms with Crippen molar-refractivity contribution in [2.75, 3.05) is 28.7 Å². The molecule has 72 heavy (non-hydrogen) atoms. The van der Waals surface area contributed by atoms with Gasteiger partial charge in [0.1, 0.15) is 0 Å². The molecule has 0 spiro atoms. The highest BCUT2D eigenvalue weighted by atomic mass is 31.1. The van der Waals surface area contributed by atoms with E-state index >= 15 is 0 Å². The molecule has 0 bridgehead atoms. The molecule has 0 N–H and O–H groups in total. The summed E-state index contributed by atoms with van der Waals surface area (Å²) in [7, 11) is 0.746. The molecule has 8 aromatic rings. The summed E-state index contributed by atoms with van der Waals surface area (Å²) in [5.41, 5.74) is 5.59. The number of alkyl halides is 4. The first kappa shape index (κ1) is 74.7. The van der Waals surface area contributed by atoms with Crippen molar-refractivity contribution in [1.29, 1.82) is 0 Å². The van der Waals surface area contributed by atoms with E-state index in [2.05, 4.69) is 194 Å². The maximum absolute atomic E-state index is 9.50. The van der Waals surface area contributed by atoms with Crippen molar-refractivity contribution in [3.8, 4) is 11.1 Å². The van der Waals surface area contributed by atoms with E-state index in [1.807, 2.05) is 0 Å². The van der Waals surface area contributed by atoms with E-state index in [1.165, 1.54) is 65.0 Å². The molecule has 0 saturated carbocycles. The van der Waals surface area contributed by atoms with Crippen LogP contribution in [0.4, 0.5) is 90.7 Å². The van der Waals surface area contributed by atoms with Crippen LogP contribution in [0.2, 0.25) is 0 Å². The molecule has 0 saturated heterocycles. The minimum Gasteiger partial charge on any atom is -0.255 e. The molecule has 0 aliphatic carbocycles. The van der Waals surface area contributed by atoms with Gasteiger partial charge in [0.2, 0.25) is 0 Å². The smallest absolute Gasteiger partial charge is 0.0785 e. The van der Waals surface area contributed by atoms with Crippen LogP contribution in [0, 0.1) is 0 Å². The molecule has 0 amide bonds. The van der Waals surface area contributed by atoms with E-state index in [9.17, 15) is 17.6 Å². The van der Waals surface area contributed by atoms with Crippen LogP contribution in [0.5, 0.6) is 0 Å². The monoisotopic (exact) mass is 1090 g/mol. The van der Waals surface area contributed by atoms with Gasteiger partial charge in [-0.2, -0.15) is 0 Å². The van der Waals surface area contributed by atoms with Gasteiger partial charge in [-0.3, -0.25) is 17.6 Å². The Bertz CT molecular complexity index is 2100. The molecular weight excluding hydrogens is 1040 g/mol. The molecule has 398 valence electrons. The molecule has 0 radical (unpaired) electrons. The zero-order chi connectivity index (χ0) is 56.1. The van der Waals surface area contributed by atoms with Crippen LogP contribution in [0.25, 0.3) is 32.7 Å². The highest BCUT2D eigenvalue weighted by Gasteiger charge is 2.23. The molecule has 0 unspecified atom stereocenters. The lowest BCUT2D eigenvalue weighted by molar-refractivity contribution is 0.108. The Hall–Kier alpha value is -6.26. The average molecular weight is 1090 g/mol. The lowest BCUT2D eigenvalue weighted by atomic mass is 9.88. The van der Waals surface area contributed by atoms with Gasteiger partial charge in [-0.1, -0.05) is 194 Å². The lowest BCUT2D eigenvalue weighted by Crippen LogP contribution is -2.14. The quantitative estimate of drug-likeness (QED) is 0.0998. The second kappa shape index (κ2) is 54.1. The van der Waals surface area contributed by atoms with Crippen LogP contribution in [0.1, 0.15) is 11.1 Å². The molecule has 22 heteroatoms. The summed E-state index contributed by atoms with van der Waals surface area (Å²) in [6.45, 7) is 0. The summed E-state index contributed by atoms with van der Waals surface area (Å²) in [6, 6.07) is 72.0. The maximum atomic E-state index is 9.50. The van der Waals surface area contributed by atoms with Crippen LogP contribution in [-0.2, 0) is 12.3 Å². The van der Waals surface area contributed by atoms with Gasteiger partial charge in [-0.15, -0.1) is 0 Å². The Balaban J connectivity index is -0.000000550. The van der Waals surface area contributed by atoms with Gasteiger partial charge in [0.15, 0.2) is 0 Å². The van der Waals surface area contributed by atoms with Crippen molar-refractivity contribution < 1.29 is 90.7 Å². The second-order valence-corrected chi connectivity index (χ2v) is 16.6. The van der Waals surface area contributed by atoms with Gasteiger partial charge in [0.05, 0.1) is 28.7 Å². The number of rotatable bonds is 9. The van der Waals surface area contributed by atoms with Crippen molar-refractivity contribution in [2.24, 2.45) is 0 Å². The zero-order valence-corrected chi connectivity index (χ0v) is 40.1. The van der Waals surface area contributed by atoms with Crippen LogP contribution >= 0.6 is 15.8 Å². The highest BCUT2D eigenvalue weighted by Crippen LogP contribution is 2.48. The fraction of sp³-hybridized carbons (Fsp3) is 0.120. The summed E-state index contributed by atoms with van der Waals surface area (Å²) in [5.74, 6) is 0. The zero-order valence-electron chi connectivity index (χ0n) is 38.3. The van der Waals surface area contributed by atoms with E-state index < -0.39 is 15.8 Å². The molecule has 0 aliphatic heterocycles. The van der Waals surface area contributed by atoms with Crippen molar-refractivity contribution in [3.63, 3.8) is 0 Å². The fourth-order valence-electron chi connectivity index (χ4n) is 6.92. The normalized spacial score (nSPS) is 8.64. The minimum absolute atomic E-state index is 0.500. The predicted octanol–water partition coefficient (Wildman–Crippen LogP) is 20.0. The fourth-order valence-corrected chi connectivity index (χ4v) is 11.6. The van der Waals surface area contributed by atoms with Crippen LogP contribution in [0.3, 0.4) is 0 Å². The van der Waals surface area contributed by atoms with Crippen LogP contribution in [0.15, 0.2) is 194 Å². The SMILES string of the molecule is CF.CF.CF.CF.FF.FF.FF.FF.FF.FF.FF.FF.c1ccc(P(Cc2ccc3ccccc3c2-c2c(CP(c3ccccc3)c3ccccc3)ccc3ccccc23)c2ccccc2)cc1. The topological polar surface area (TPSA) is 0 Å². The predicted molar refractivity (Wildman–Crippen MR) is 258 cm³/mol. The Morgan fingerprint density at radius 3 is 0.653 bits per heavy atom. The Labute approximate surface area is 406 Å². The summed E-state index contributed by atoms with van der Waals surface area (Å²) < 4.78 is 166. The van der Waals surface area contributed by atoms with Crippen molar-refractivity contribution in [2.45, 2.75) is 12.3 Å². The molecule has 0 aliphatic rings. The third kappa shape index (κ3) is 24.2. The van der Waals surface area contributed by atoms with Crippen LogP contribution in [-0.4, -0.2) is 28.7 Å². The highest BCUT2D eigenvalue weighted by molar-refractivity contribution is 7.72. The number of hydrogen-bond acceptors (Lipinski definition) is 0. The number of fused-ring (bicyclic) bond motifs is 2.